The van der Waals surface area contributed by atoms with Crippen LogP contribution in [-0.4, -0.2) is 24.3 Å². The molecule has 1 amide bonds. The lowest BCUT2D eigenvalue weighted by atomic mass is 9.99. The van der Waals surface area contributed by atoms with Crippen molar-refractivity contribution in [2.75, 3.05) is 11.9 Å². The topological polar surface area (TPSA) is 72.5 Å². The molecule has 1 atom stereocenters. The van der Waals surface area contributed by atoms with E-state index < -0.39 is 24.2 Å². The standard InChI is InChI=1S/C18H13BrFNO4/c1-9-12-6-10(2-5-15(12)21-17(9)23)16(22)8-25-18(24)13-7-11(20)3-4-14(13)19/h2-7,9H,8H2,1H3,(H,21,23)/t9-/m0/s1. The Morgan fingerprint density at radius 1 is 1.24 bits per heavy atom. The molecule has 0 bridgehead atoms. The van der Waals surface area contributed by atoms with Crippen molar-refractivity contribution in [1.29, 1.82) is 0 Å². The number of fused-ring (bicyclic) bond motifs is 1. The first-order chi connectivity index (χ1) is 11.9. The Hall–Kier alpha value is -2.54. The number of ketones is 1. The largest absolute Gasteiger partial charge is 0.454 e. The third kappa shape index (κ3) is 3.46. The molecule has 0 saturated carbocycles. The first-order valence-corrected chi connectivity index (χ1v) is 8.26. The van der Waals surface area contributed by atoms with Crippen LogP contribution in [0, 0.1) is 5.82 Å². The molecule has 0 fully saturated rings. The summed E-state index contributed by atoms with van der Waals surface area (Å²) in [5.41, 5.74) is 1.75. The molecule has 0 saturated heterocycles. The number of nitrogens with one attached hydrogen (secondary N) is 1. The maximum Gasteiger partial charge on any atom is 0.339 e. The van der Waals surface area contributed by atoms with Gasteiger partial charge in [-0.15, -0.1) is 0 Å². The van der Waals surface area contributed by atoms with E-state index in [0.29, 0.717) is 15.7 Å². The molecule has 1 heterocycles. The van der Waals surface area contributed by atoms with Crippen LogP contribution < -0.4 is 5.32 Å². The number of carbonyl (C=O) groups is 3. The minimum atomic E-state index is -0.800. The molecular formula is C18H13BrFNO4. The van der Waals surface area contributed by atoms with E-state index in [2.05, 4.69) is 21.2 Å². The van der Waals surface area contributed by atoms with E-state index in [1.807, 2.05) is 0 Å². The van der Waals surface area contributed by atoms with Gasteiger partial charge in [0.2, 0.25) is 5.91 Å². The van der Waals surface area contributed by atoms with Crippen LogP contribution in [0.25, 0.3) is 0 Å². The summed E-state index contributed by atoms with van der Waals surface area (Å²) in [7, 11) is 0. The Kier molecular flexibility index (Phi) is 4.67. The van der Waals surface area contributed by atoms with E-state index >= 15 is 0 Å². The molecule has 0 unspecified atom stereocenters. The quantitative estimate of drug-likeness (QED) is 0.621. The van der Waals surface area contributed by atoms with Gasteiger partial charge >= 0.3 is 5.97 Å². The minimum absolute atomic E-state index is 0.00479. The highest BCUT2D eigenvalue weighted by atomic mass is 79.9. The van der Waals surface area contributed by atoms with Crippen molar-refractivity contribution in [3.8, 4) is 0 Å². The van der Waals surface area contributed by atoms with Gasteiger partial charge < -0.3 is 10.1 Å². The van der Waals surface area contributed by atoms with Crippen LogP contribution in [0.1, 0.15) is 39.1 Å². The smallest absolute Gasteiger partial charge is 0.339 e. The summed E-state index contributed by atoms with van der Waals surface area (Å²) in [4.78, 5) is 35.9. The average molecular weight is 406 g/mol. The maximum atomic E-state index is 13.2. The van der Waals surface area contributed by atoms with Crippen LogP contribution in [0.15, 0.2) is 40.9 Å². The van der Waals surface area contributed by atoms with E-state index in [1.54, 1.807) is 25.1 Å². The first-order valence-electron chi connectivity index (χ1n) is 7.47. The monoisotopic (exact) mass is 405 g/mol. The van der Waals surface area contributed by atoms with E-state index in [1.165, 1.54) is 12.1 Å². The van der Waals surface area contributed by atoms with Crippen molar-refractivity contribution in [2.45, 2.75) is 12.8 Å². The number of carbonyl (C=O) groups excluding carboxylic acids is 3. The second-order valence-corrected chi connectivity index (χ2v) is 6.49. The Bertz CT molecular complexity index is 897. The molecule has 25 heavy (non-hydrogen) atoms. The minimum Gasteiger partial charge on any atom is -0.454 e. The Morgan fingerprint density at radius 3 is 2.76 bits per heavy atom. The number of anilines is 1. The van der Waals surface area contributed by atoms with Gasteiger partial charge in [0, 0.05) is 15.7 Å². The highest BCUT2D eigenvalue weighted by Crippen LogP contribution is 2.32. The molecule has 2 aromatic carbocycles. The van der Waals surface area contributed by atoms with Crippen molar-refractivity contribution in [3.05, 3.63) is 63.4 Å². The van der Waals surface area contributed by atoms with E-state index in [-0.39, 0.29) is 17.4 Å². The Labute approximate surface area is 151 Å². The normalized spacial score (nSPS) is 15.5. The molecule has 128 valence electrons. The van der Waals surface area contributed by atoms with Crippen molar-refractivity contribution in [3.63, 3.8) is 0 Å². The van der Waals surface area contributed by atoms with E-state index in [0.717, 1.165) is 11.6 Å². The molecule has 1 aliphatic heterocycles. The lowest BCUT2D eigenvalue weighted by Gasteiger charge is -2.08. The fourth-order valence-corrected chi connectivity index (χ4v) is 2.95. The zero-order valence-corrected chi connectivity index (χ0v) is 14.7. The number of ether oxygens (including phenoxy) is 1. The number of benzene rings is 2. The predicted octanol–water partition coefficient (Wildman–Crippen LogP) is 3.68. The summed E-state index contributed by atoms with van der Waals surface area (Å²) in [5.74, 6) is -2.25. The summed E-state index contributed by atoms with van der Waals surface area (Å²) < 4.78 is 18.6. The second-order valence-electron chi connectivity index (χ2n) is 5.64. The maximum absolute atomic E-state index is 13.2. The van der Waals surface area contributed by atoms with Gasteiger partial charge in [0.05, 0.1) is 11.5 Å². The van der Waals surface area contributed by atoms with Gasteiger partial charge in [-0.25, -0.2) is 9.18 Å². The first kappa shape index (κ1) is 17.3. The molecular weight excluding hydrogens is 393 g/mol. The zero-order chi connectivity index (χ0) is 18.1. The molecule has 0 radical (unpaired) electrons. The fourth-order valence-electron chi connectivity index (χ4n) is 2.54. The van der Waals surface area contributed by atoms with Crippen LogP contribution in [0.3, 0.4) is 0 Å². The lowest BCUT2D eigenvalue weighted by Crippen LogP contribution is -2.15. The number of halogens is 2. The van der Waals surface area contributed by atoms with E-state index in [9.17, 15) is 18.8 Å². The zero-order valence-electron chi connectivity index (χ0n) is 13.1. The number of rotatable bonds is 4. The van der Waals surface area contributed by atoms with Crippen molar-refractivity contribution in [1.82, 2.24) is 0 Å². The van der Waals surface area contributed by atoms with Gasteiger partial charge in [0.1, 0.15) is 5.82 Å². The number of amides is 1. The third-order valence-electron chi connectivity index (χ3n) is 3.97. The van der Waals surface area contributed by atoms with Crippen molar-refractivity contribution in [2.24, 2.45) is 0 Å². The average Bonchev–Trinajstić information content (AvgIpc) is 2.88. The summed E-state index contributed by atoms with van der Waals surface area (Å²) in [6.07, 6.45) is 0. The van der Waals surface area contributed by atoms with Crippen LogP contribution in [0.5, 0.6) is 0 Å². The number of Topliss-reactive ketones (excluding diaryl/α,β-unsaturated/α-hetero) is 1. The molecule has 5 nitrogen and oxygen atoms in total. The number of hydrogen-bond donors (Lipinski definition) is 1. The van der Waals surface area contributed by atoms with Crippen molar-refractivity contribution < 1.29 is 23.5 Å². The highest BCUT2D eigenvalue weighted by molar-refractivity contribution is 9.10. The van der Waals surface area contributed by atoms with Crippen LogP contribution in [0.2, 0.25) is 0 Å². The second kappa shape index (κ2) is 6.76. The number of esters is 1. The van der Waals surface area contributed by atoms with Gasteiger partial charge in [0.25, 0.3) is 0 Å². The van der Waals surface area contributed by atoms with Crippen molar-refractivity contribution >= 4 is 39.3 Å². The summed E-state index contributed by atoms with van der Waals surface area (Å²) in [6, 6.07) is 8.45. The summed E-state index contributed by atoms with van der Waals surface area (Å²) in [6.45, 7) is 1.27. The Balaban J connectivity index is 1.70. The molecule has 0 aromatic heterocycles. The molecule has 1 aliphatic rings. The van der Waals surface area contributed by atoms with Gasteiger partial charge in [-0.3, -0.25) is 9.59 Å². The molecule has 2 aromatic rings. The third-order valence-corrected chi connectivity index (χ3v) is 4.67. The van der Waals surface area contributed by atoms with Crippen LogP contribution in [0.4, 0.5) is 10.1 Å². The fraction of sp³-hybridized carbons (Fsp3) is 0.167. The number of hydrogen-bond acceptors (Lipinski definition) is 4. The molecule has 7 heteroatoms. The van der Waals surface area contributed by atoms with Gasteiger partial charge in [-0.2, -0.15) is 0 Å². The van der Waals surface area contributed by atoms with Gasteiger partial charge in [-0.1, -0.05) is 0 Å². The Morgan fingerprint density at radius 2 is 2.00 bits per heavy atom. The molecule has 1 N–H and O–H groups in total. The van der Waals surface area contributed by atoms with Crippen LogP contribution in [-0.2, 0) is 9.53 Å². The molecule has 3 rings (SSSR count). The van der Waals surface area contributed by atoms with Crippen LogP contribution >= 0.6 is 15.9 Å². The highest BCUT2D eigenvalue weighted by Gasteiger charge is 2.27. The summed E-state index contributed by atoms with van der Waals surface area (Å²) in [5, 5.41) is 2.72. The predicted molar refractivity (Wildman–Crippen MR) is 92.2 cm³/mol. The lowest BCUT2D eigenvalue weighted by molar-refractivity contribution is -0.116. The molecule has 0 aliphatic carbocycles. The summed E-state index contributed by atoms with van der Waals surface area (Å²) >= 11 is 3.14. The van der Waals surface area contributed by atoms with Gasteiger partial charge in [0.15, 0.2) is 12.4 Å². The molecule has 0 spiro atoms. The van der Waals surface area contributed by atoms with E-state index in [4.69, 9.17) is 4.74 Å². The SMILES string of the molecule is C[C@@H]1C(=O)Nc2ccc(C(=O)COC(=O)c3cc(F)ccc3Br)cc21. The van der Waals surface area contributed by atoms with Gasteiger partial charge in [-0.05, 0) is 64.8 Å².